The van der Waals surface area contributed by atoms with Crippen molar-refractivity contribution in [1.82, 2.24) is 10.2 Å². The molecule has 1 N–H and O–H groups in total. The summed E-state index contributed by atoms with van der Waals surface area (Å²) in [5, 5.41) is 4.13. The molecule has 3 nitrogen and oxygen atoms in total. The van der Waals surface area contributed by atoms with Crippen LogP contribution in [0, 0.1) is 0 Å². The highest BCUT2D eigenvalue weighted by atomic mass is 79.9. The summed E-state index contributed by atoms with van der Waals surface area (Å²) in [6.45, 7) is 0.813. The lowest BCUT2D eigenvalue weighted by atomic mass is 9.80. The van der Waals surface area contributed by atoms with E-state index in [1.165, 1.54) is 32.1 Å². The molecule has 0 spiro atoms. The number of likely N-dealkylation sites (N-methyl/N-ethyl adjacent to an activating group) is 1. The Morgan fingerprint density at radius 3 is 2.44 bits per heavy atom. The standard InChI is InChI=1S/C14H27BrN2O/c1-17(2)14(9-5-3-6-10-14)12-16-13(18)8-4-7-11-15/h3-12H2,1-2H3,(H,16,18). The van der Waals surface area contributed by atoms with Gasteiger partial charge in [0, 0.05) is 23.8 Å². The molecule has 4 heteroatoms. The molecule has 0 radical (unpaired) electrons. The van der Waals surface area contributed by atoms with Crippen LogP contribution in [0.1, 0.15) is 51.4 Å². The number of nitrogens with one attached hydrogen (secondary N) is 1. The zero-order valence-electron chi connectivity index (χ0n) is 11.8. The Kier molecular flexibility index (Phi) is 7.23. The number of carbonyl (C=O) groups is 1. The number of unbranched alkanes of at least 4 members (excludes halogenated alkanes) is 1. The second kappa shape index (κ2) is 8.16. The van der Waals surface area contributed by atoms with Crippen LogP contribution < -0.4 is 5.32 Å². The van der Waals surface area contributed by atoms with Gasteiger partial charge in [0.15, 0.2) is 0 Å². The molecule has 1 fully saturated rings. The minimum Gasteiger partial charge on any atom is -0.354 e. The van der Waals surface area contributed by atoms with E-state index in [0.717, 1.165) is 24.7 Å². The van der Waals surface area contributed by atoms with Crippen LogP contribution in [0.4, 0.5) is 0 Å². The van der Waals surface area contributed by atoms with Gasteiger partial charge in [0.2, 0.25) is 5.91 Å². The lowest BCUT2D eigenvalue weighted by molar-refractivity contribution is -0.121. The van der Waals surface area contributed by atoms with Crippen LogP contribution in [0.3, 0.4) is 0 Å². The van der Waals surface area contributed by atoms with Gasteiger partial charge in [0.25, 0.3) is 0 Å². The quantitative estimate of drug-likeness (QED) is 0.578. The minimum absolute atomic E-state index is 0.198. The average molecular weight is 319 g/mol. The number of hydrogen-bond donors (Lipinski definition) is 1. The molecule has 0 bridgehead atoms. The molecule has 0 aromatic heterocycles. The van der Waals surface area contributed by atoms with Gasteiger partial charge in [-0.25, -0.2) is 0 Å². The van der Waals surface area contributed by atoms with Crippen molar-refractivity contribution in [1.29, 1.82) is 0 Å². The molecule has 0 atom stereocenters. The highest BCUT2D eigenvalue weighted by Crippen LogP contribution is 2.31. The van der Waals surface area contributed by atoms with Gasteiger partial charge in [-0.15, -0.1) is 0 Å². The lowest BCUT2D eigenvalue weighted by Gasteiger charge is -2.43. The number of hydrogen-bond acceptors (Lipinski definition) is 2. The van der Waals surface area contributed by atoms with Gasteiger partial charge in [0.05, 0.1) is 0 Å². The summed E-state index contributed by atoms with van der Waals surface area (Å²) in [7, 11) is 4.28. The third-order valence-corrected chi connectivity index (χ3v) is 4.70. The van der Waals surface area contributed by atoms with E-state index >= 15 is 0 Å². The van der Waals surface area contributed by atoms with E-state index in [-0.39, 0.29) is 11.4 Å². The first kappa shape index (κ1) is 16.0. The van der Waals surface area contributed by atoms with Crippen LogP contribution in [0.5, 0.6) is 0 Å². The van der Waals surface area contributed by atoms with Gasteiger partial charge >= 0.3 is 0 Å². The van der Waals surface area contributed by atoms with E-state index in [0.29, 0.717) is 6.42 Å². The first-order chi connectivity index (χ1) is 8.60. The van der Waals surface area contributed by atoms with Crippen LogP contribution in [0.25, 0.3) is 0 Å². The van der Waals surface area contributed by atoms with Crippen molar-refractivity contribution in [3.05, 3.63) is 0 Å². The van der Waals surface area contributed by atoms with Crippen LogP contribution in [0.15, 0.2) is 0 Å². The first-order valence-corrected chi connectivity index (χ1v) is 8.23. The fraction of sp³-hybridized carbons (Fsp3) is 0.929. The Morgan fingerprint density at radius 2 is 1.89 bits per heavy atom. The van der Waals surface area contributed by atoms with E-state index in [9.17, 15) is 4.79 Å². The van der Waals surface area contributed by atoms with Crippen LogP contribution in [-0.2, 0) is 4.79 Å². The van der Waals surface area contributed by atoms with E-state index in [1.807, 2.05) is 0 Å². The number of rotatable bonds is 7. The van der Waals surface area contributed by atoms with Gasteiger partial charge < -0.3 is 10.2 Å². The maximum absolute atomic E-state index is 11.8. The van der Waals surface area contributed by atoms with Crippen molar-refractivity contribution in [3.8, 4) is 0 Å². The monoisotopic (exact) mass is 318 g/mol. The molecular weight excluding hydrogens is 292 g/mol. The van der Waals surface area contributed by atoms with Gasteiger partial charge in [-0.05, 0) is 39.8 Å². The van der Waals surface area contributed by atoms with E-state index in [2.05, 4.69) is 40.2 Å². The molecule has 1 saturated carbocycles. The Hall–Kier alpha value is -0.0900. The SMILES string of the molecule is CN(C)C1(CNC(=O)CCCCBr)CCCCC1. The smallest absolute Gasteiger partial charge is 0.220 e. The Balaban J connectivity index is 2.35. The molecule has 0 saturated heterocycles. The number of alkyl halides is 1. The zero-order chi connectivity index (χ0) is 13.4. The van der Waals surface area contributed by atoms with Gasteiger partial charge in [-0.3, -0.25) is 4.79 Å². The van der Waals surface area contributed by atoms with Crippen molar-refractivity contribution in [2.75, 3.05) is 26.0 Å². The summed E-state index contributed by atoms with van der Waals surface area (Å²) in [6, 6.07) is 0. The third-order valence-electron chi connectivity index (χ3n) is 4.14. The molecule has 1 aliphatic rings. The summed E-state index contributed by atoms with van der Waals surface area (Å²) in [5.41, 5.74) is 0.198. The highest BCUT2D eigenvalue weighted by Gasteiger charge is 2.34. The maximum atomic E-state index is 11.8. The summed E-state index contributed by atoms with van der Waals surface area (Å²) < 4.78 is 0. The summed E-state index contributed by atoms with van der Waals surface area (Å²) in [4.78, 5) is 14.1. The number of nitrogens with zero attached hydrogens (tertiary/aromatic N) is 1. The predicted octanol–water partition coefficient (Wildman–Crippen LogP) is 2.93. The normalized spacial score (nSPS) is 18.9. The molecular formula is C14H27BrN2O. The van der Waals surface area contributed by atoms with E-state index < -0.39 is 0 Å². The molecule has 0 aromatic carbocycles. The summed E-state index contributed by atoms with van der Waals surface area (Å²) in [5.74, 6) is 0.211. The molecule has 0 aliphatic heterocycles. The number of amides is 1. The molecule has 0 aromatic rings. The number of halogens is 1. The second-order valence-corrected chi connectivity index (χ2v) is 6.40. The second-order valence-electron chi connectivity index (χ2n) is 5.60. The molecule has 0 unspecified atom stereocenters. The molecule has 1 amide bonds. The Bertz CT molecular complexity index is 250. The van der Waals surface area contributed by atoms with E-state index in [1.54, 1.807) is 0 Å². The predicted molar refractivity (Wildman–Crippen MR) is 80.2 cm³/mol. The zero-order valence-corrected chi connectivity index (χ0v) is 13.4. The molecule has 1 rings (SSSR count). The summed E-state index contributed by atoms with van der Waals surface area (Å²) >= 11 is 3.39. The average Bonchev–Trinajstić information content (AvgIpc) is 2.37. The highest BCUT2D eigenvalue weighted by molar-refractivity contribution is 9.09. The van der Waals surface area contributed by atoms with E-state index in [4.69, 9.17) is 0 Å². The minimum atomic E-state index is 0.198. The third kappa shape index (κ3) is 4.88. The van der Waals surface area contributed by atoms with Crippen molar-refractivity contribution in [2.45, 2.75) is 56.9 Å². The Labute approximate surface area is 120 Å². The van der Waals surface area contributed by atoms with Crippen molar-refractivity contribution < 1.29 is 4.79 Å². The maximum Gasteiger partial charge on any atom is 0.220 e. The van der Waals surface area contributed by atoms with Crippen LogP contribution in [0.2, 0.25) is 0 Å². The lowest BCUT2D eigenvalue weighted by Crippen LogP contribution is -2.53. The first-order valence-electron chi connectivity index (χ1n) is 7.11. The van der Waals surface area contributed by atoms with Crippen molar-refractivity contribution in [3.63, 3.8) is 0 Å². The van der Waals surface area contributed by atoms with Gasteiger partial charge in [-0.2, -0.15) is 0 Å². The number of carbonyl (C=O) groups excluding carboxylic acids is 1. The molecule has 18 heavy (non-hydrogen) atoms. The molecule has 0 heterocycles. The topological polar surface area (TPSA) is 32.3 Å². The molecule has 106 valence electrons. The van der Waals surface area contributed by atoms with Gasteiger partial charge in [-0.1, -0.05) is 35.2 Å². The van der Waals surface area contributed by atoms with Crippen LogP contribution in [-0.4, -0.2) is 42.3 Å². The van der Waals surface area contributed by atoms with Crippen molar-refractivity contribution >= 4 is 21.8 Å². The van der Waals surface area contributed by atoms with Crippen LogP contribution >= 0.6 is 15.9 Å². The Morgan fingerprint density at radius 1 is 1.22 bits per heavy atom. The fourth-order valence-corrected chi connectivity index (χ4v) is 3.12. The van der Waals surface area contributed by atoms with Gasteiger partial charge in [0.1, 0.15) is 0 Å². The summed E-state index contributed by atoms with van der Waals surface area (Å²) in [6.07, 6.45) is 9.06. The largest absolute Gasteiger partial charge is 0.354 e. The fourth-order valence-electron chi connectivity index (χ4n) is 2.72. The van der Waals surface area contributed by atoms with Crippen molar-refractivity contribution in [2.24, 2.45) is 0 Å². The molecule has 1 aliphatic carbocycles.